The van der Waals surface area contributed by atoms with Crippen LogP contribution in [0.2, 0.25) is 0 Å². The smallest absolute Gasteiger partial charge is 0.200 e. The van der Waals surface area contributed by atoms with E-state index in [4.69, 9.17) is 17.0 Å². The number of nitrogens with one attached hydrogen (secondary N) is 1. The lowest BCUT2D eigenvalue weighted by Gasteiger charge is -2.31. The van der Waals surface area contributed by atoms with Gasteiger partial charge in [-0.2, -0.15) is 5.10 Å². The van der Waals surface area contributed by atoms with Crippen LogP contribution in [0.5, 0.6) is 5.75 Å². The average molecular weight is 319 g/mol. The van der Waals surface area contributed by atoms with Crippen LogP contribution < -0.4 is 4.74 Å². The number of aromatic nitrogens is 3. The lowest BCUT2D eigenvalue weighted by atomic mass is 10.3. The molecule has 1 aromatic heterocycles. The number of nitrogens with zero attached hydrogens (tertiary/aromatic N) is 4. The molecule has 0 aliphatic carbocycles. The highest BCUT2D eigenvalue weighted by Gasteiger charge is 2.18. The van der Waals surface area contributed by atoms with Crippen molar-refractivity contribution in [3.8, 4) is 11.4 Å². The molecule has 1 aliphatic rings. The molecule has 2 aromatic rings. The van der Waals surface area contributed by atoms with Gasteiger partial charge in [-0.15, -0.1) is 0 Å². The summed E-state index contributed by atoms with van der Waals surface area (Å²) in [4.78, 5) is 4.74. The second-order valence-electron chi connectivity index (χ2n) is 5.53. The summed E-state index contributed by atoms with van der Waals surface area (Å²) in [6.07, 6.45) is 0. The van der Waals surface area contributed by atoms with E-state index in [0.29, 0.717) is 4.77 Å². The lowest BCUT2D eigenvalue weighted by Crippen LogP contribution is -2.44. The van der Waals surface area contributed by atoms with Crippen molar-refractivity contribution in [3.63, 3.8) is 0 Å². The quantitative estimate of drug-likeness (QED) is 0.869. The molecule has 1 aliphatic heterocycles. The van der Waals surface area contributed by atoms with Crippen molar-refractivity contribution in [2.24, 2.45) is 0 Å². The molecule has 7 heteroatoms. The van der Waals surface area contributed by atoms with Crippen molar-refractivity contribution in [1.82, 2.24) is 24.6 Å². The predicted molar refractivity (Wildman–Crippen MR) is 88.1 cm³/mol. The van der Waals surface area contributed by atoms with Gasteiger partial charge in [0, 0.05) is 26.2 Å². The van der Waals surface area contributed by atoms with Gasteiger partial charge in [0.1, 0.15) is 11.6 Å². The summed E-state index contributed by atoms with van der Waals surface area (Å²) in [5.41, 5.74) is 0.924. The fraction of sp³-hybridized carbons (Fsp3) is 0.467. The molecule has 1 N–H and O–H groups in total. The molecular weight excluding hydrogens is 298 g/mol. The van der Waals surface area contributed by atoms with E-state index in [1.54, 1.807) is 7.11 Å². The number of H-pyrrole nitrogens is 1. The van der Waals surface area contributed by atoms with Crippen LogP contribution >= 0.6 is 12.2 Å². The summed E-state index contributed by atoms with van der Waals surface area (Å²) in [5, 5.41) is 7.32. The van der Waals surface area contributed by atoms with E-state index < -0.39 is 0 Å². The van der Waals surface area contributed by atoms with Crippen molar-refractivity contribution >= 4 is 12.2 Å². The molecular formula is C15H21N5OS. The number of piperazine rings is 1. The maximum atomic E-state index is 5.45. The molecule has 0 bridgehead atoms. The minimum Gasteiger partial charge on any atom is -0.495 e. The third-order valence-corrected chi connectivity index (χ3v) is 4.30. The van der Waals surface area contributed by atoms with E-state index in [2.05, 4.69) is 27.0 Å². The van der Waals surface area contributed by atoms with Gasteiger partial charge in [-0.05, 0) is 31.4 Å². The van der Waals surface area contributed by atoms with Crippen molar-refractivity contribution in [2.45, 2.75) is 6.54 Å². The van der Waals surface area contributed by atoms with Gasteiger partial charge in [-0.1, -0.05) is 12.1 Å². The van der Waals surface area contributed by atoms with Gasteiger partial charge in [-0.25, -0.2) is 0 Å². The summed E-state index contributed by atoms with van der Waals surface area (Å²) < 4.78 is 8.01. The molecule has 3 rings (SSSR count). The van der Waals surface area contributed by atoms with Gasteiger partial charge in [0.15, 0.2) is 4.77 Å². The molecule has 0 amide bonds. The standard InChI is InChI=1S/C15H21N5OS/c1-18-7-9-19(10-8-18)11-14-16-17-15(22)20(14)12-5-3-4-6-13(12)21-2/h3-6H,7-11H2,1-2H3,(H,17,22). The van der Waals surface area contributed by atoms with E-state index in [1.807, 2.05) is 28.8 Å². The number of rotatable bonds is 4. The topological polar surface area (TPSA) is 49.3 Å². The molecule has 2 heterocycles. The summed E-state index contributed by atoms with van der Waals surface area (Å²) in [7, 11) is 3.82. The monoisotopic (exact) mass is 319 g/mol. The van der Waals surface area contributed by atoms with E-state index in [0.717, 1.165) is 50.0 Å². The average Bonchev–Trinajstić information content (AvgIpc) is 2.90. The van der Waals surface area contributed by atoms with Crippen molar-refractivity contribution in [1.29, 1.82) is 0 Å². The van der Waals surface area contributed by atoms with Gasteiger partial charge in [0.25, 0.3) is 0 Å². The Bertz CT molecular complexity index is 687. The number of benzene rings is 1. The van der Waals surface area contributed by atoms with Crippen LogP contribution in [0.15, 0.2) is 24.3 Å². The molecule has 1 fully saturated rings. The SMILES string of the molecule is COc1ccccc1-n1c(CN2CCN(C)CC2)n[nH]c1=S. The Balaban J connectivity index is 1.89. The van der Waals surface area contributed by atoms with Gasteiger partial charge in [0.2, 0.25) is 0 Å². The highest BCUT2D eigenvalue weighted by Crippen LogP contribution is 2.24. The normalized spacial score (nSPS) is 16.8. The third-order valence-electron chi connectivity index (χ3n) is 4.03. The predicted octanol–water partition coefficient (Wildman–Crippen LogP) is 1.69. The molecule has 0 radical (unpaired) electrons. The summed E-state index contributed by atoms with van der Waals surface area (Å²) in [5.74, 6) is 1.71. The third kappa shape index (κ3) is 3.06. The van der Waals surface area contributed by atoms with Crippen molar-refractivity contribution in [2.75, 3.05) is 40.3 Å². The van der Waals surface area contributed by atoms with Gasteiger partial charge < -0.3 is 9.64 Å². The fourth-order valence-corrected chi connectivity index (χ4v) is 2.95. The molecule has 6 nitrogen and oxygen atoms in total. The van der Waals surface area contributed by atoms with Crippen LogP contribution in [0.4, 0.5) is 0 Å². The van der Waals surface area contributed by atoms with Gasteiger partial charge >= 0.3 is 0 Å². The maximum Gasteiger partial charge on any atom is 0.200 e. The van der Waals surface area contributed by atoms with Gasteiger partial charge in [0.05, 0.1) is 19.3 Å². The maximum absolute atomic E-state index is 5.45. The van der Waals surface area contributed by atoms with Crippen molar-refractivity contribution in [3.05, 3.63) is 34.9 Å². The van der Waals surface area contributed by atoms with Crippen LogP contribution in [0.1, 0.15) is 5.82 Å². The van der Waals surface area contributed by atoms with E-state index >= 15 is 0 Å². The van der Waals surface area contributed by atoms with Crippen LogP contribution in [-0.4, -0.2) is 64.9 Å². The Morgan fingerprint density at radius 1 is 1.23 bits per heavy atom. The number of ether oxygens (including phenoxy) is 1. The number of hydrogen-bond donors (Lipinski definition) is 1. The molecule has 1 aromatic carbocycles. The number of aromatic amines is 1. The lowest BCUT2D eigenvalue weighted by molar-refractivity contribution is 0.145. The first-order chi connectivity index (χ1) is 10.7. The van der Waals surface area contributed by atoms with E-state index in [1.165, 1.54) is 0 Å². The molecule has 118 valence electrons. The van der Waals surface area contributed by atoms with E-state index in [-0.39, 0.29) is 0 Å². The highest BCUT2D eigenvalue weighted by atomic mass is 32.1. The molecule has 0 atom stereocenters. The Hall–Kier alpha value is -1.70. The van der Waals surface area contributed by atoms with Crippen LogP contribution in [-0.2, 0) is 6.54 Å². The molecule has 22 heavy (non-hydrogen) atoms. The number of hydrogen-bond acceptors (Lipinski definition) is 5. The zero-order valence-corrected chi connectivity index (χ0v) is 13.8. The first kappa shape index (κ1) is 15.2. The fourth-order valence-electron chi connectivity index (χ4n) is 2.70. The number of methoxy groups -OCH3 is 1. The molecule has 0 saturated carbocycles. The zero-order valence-electron chi connectivity index (χ0n) is 13.0. The first-order valence-electron chi connectivity index (χ1n) is 7.39. The first-order valence-corrected chi connectivity index (χ1v) is 7.80. The Labute approximate surface area is 135 Å². The largest absolute Gasteiger partial charge is 0.495 e. The Morgan fingerprint density at radius 2 is 1.95 bits per heavy atom. The number of para-hydroxylation sites is 2. The molecule has 0 spiro atoms. The summed E-state index contributed by atoms with van der Waals surface area (Å²) >= 11 is 5.41. The molecule has 1 saturated heterocycles. The van der Waals surface area contributed by atoms with E-state index in [9.17, 15) is 0 Å². The minimum atomic E-state index is 0.591. The second kappa shape index (κ2) is 6.60. The Kier molecular flexibility index (Phi) is 4.56. The summed E-state index contributed by atoms with van der Waals surface area (Å²) in [6, 6.07) is 7.86. The van der Waals surface area contributed by atoms with Crippen LogP contribution in [0, 0.1) is 4.77 Å². The van der Waals surface area contributed by atoms with Crippen LogP contribution in [0.3, 0.4) is 0 Å². The van der Waals surface area contributed by atoms with Crippen molar-refractivity contribution < 1.29 is 4.74 Å². The zero-order chi connectivity index (χ0) is 15.5. The minimum absolute atomic E-state index is 0.591. The highest BCUT2D eigenvalue weighted by molar-refractivity contribution is 7.71. The number of likely N-dealkylation sites (N-methyl/N-ethyl adjacent to an activating group) is 1. The molecule has 0 unspecified atom stereocenters. The van der Waals surface area contributed by atoms with Crippen LogP contribution in [0.25, 0.3) is 5.69 Å². The Morgan fingerprint density at radius 3 is 2.68 bits per heavy atom. The van der Waals surface area contributed by atoms with Gasteiger partial charge in [-0.3, -0.25) is 14.6 Å². The second-order valence-corrected chi connectivity index (χ2v) is 5.92. The summed E-state index contributed by atoms with van der Waals surface area (Å²) in [6.45, 7) is 5.03.